The topological polar surface area (TPSA) is 55.6 Å². The van der Waals surface area contributed by atoms with E-state index in [1.54, 1.807) is 6.20 Å². The zero-order chi connectivity index (χ0) is 17.2. The first-order valence-corrected chi connectivity index (χ1v) is 8.73. The van der Waals surface area contributed by atoms with Crippen LogP contribution < -0.4 is 5.32 Å². The average molecular weight is 331 g/mol. The van der Waals surface area contributed by atoms with Crippen molar-refractivity contribution in [3.05, 3.63) is 54.4 Å². The van der Waals surface area contributed by atoms with Crippen LogP contribution in [0.25, 0.3) is 27.8 Å². The standard InChI is InChI=1S/C20H21N5/c1-3-4-12-22-19-15-9-5-6-10-16(15)23-20-18(19)14(2)24-25(20)17-11-7-8-13-21-17/h5-11,13H,3-4,12H2,1-2H3,(H,22,23). The van der Waals surface area contributed by atoms with Gasteiger partial charge >= 0.3 is 0 Å². The summed E-state index contributed by atoms with van der Waals surface area (Å²) in [6.45, 7) is 5.17. The average Bonchev–Trinajstić information content (AvgIpc) is 2.98. The Balaban J connectivity index is 2.00. The largest absolute Gasteiger partial charge is 0.384 e. The van der Waals surface area contributed by atoms with E-state index in [4.69, 9.17) is 10.1 Å². The number of aromatic nitrogens is 4. The normalized spacial score (nSPS) is 11.3. The molecule has 5 heteroatoms. The van der Waals surface area contributed by atoms with E-state index in [0.717, 1.165) is 58.5 Å². The molecule has 0 amide bonds. The third kappa shape index (κ3) is 2.71. The fraction of sp³-hybridized carbons (Fsp3) is 0.250. The van der Waals surface area contributed by atoms with E-state index in [1.165, 1.54) is 0 Å². The summed E-state index contributed by atoms with van der Waals surface area (Å²) in [7, 11) is 0. The van der Waals surface area contributed by atoms with Gasteiger partial charge < -0.3 is 5.32 Å². The molecule has 3 aromatic heterocycles. The van der Waals surface area contributed by atoms with Gasteiger partial charge in [-0.3, -0.25) is 0 Å². The molecule has 1 aromatic carbocycles. The summed E-state index contributed by atoms with van der Waals surface area (Å²) in [6.07, 6.45) is 4.07. The zero-order valence-electron chi connectivity index (χ0n) is 14.5. The van der Waals surface area contributed by atoms with Crippen molar-refractivity contribution in [2.45, 2.75) is 26.7 Å². The Hall–Kier alpha value is -2.95. The van der Waals surface area contributed by atoms with Gasteiger partial charge in [-0.15, -0.1) is 0 Å². The molecule has 126 valence electrons. The zero-order valence-corrected chi connectivity index (χ0v) is 14.5. The Kier molecular flexibility index (Phi) is 4.06. The molecular weight excluding hydrogens is 310 g/mol. The van der Waals surface area contributed by atoms with Crippen molar-refractivity contribution in [3.63, 3.8) is 0 Å². The molecule has 3 heterocycles. The Morgan fingerprint density at radius 1 is 1.08 bits per heavy atom. The van der Waals surface area contributed by atoms with Crippen LogP contribution in [0, 0.1) is 6.92 Å². The molecule has 0 aliphatic carbocycles. The van der Waals surface area contributed by atoms with Crippen molar-refractivity contribution in [1.29, 1.82) is 0 Å². The van der Waals surface area contributed by atoms with Crippen LogP contribution in [0.4, 0.5) is 5.69 Å². The van der Waals surface area contributed by atoms with Gasteiger partial charge in [-0.2, -0.15) is 9.78 Å². The summed E-state index contributed by atoms with van der Waals surface area (Å²) in [4.78, 5) is 9.32. The number of pyridine rings is 2. The smallest absolute Gasteiger partial charge is 0.167 e. The predicted octanol–water partition coefficient (Wildman–Crippen LogP) is 4.49. The van der Waals surface area contributed by atoms with Crippen LogP contribution in [-0.4, -0.2) is 26.3 Å². The van der Waals surface area contributed by atoms with Crippen LogP contribution in [0.3, 0.4) is 0 Å². The number of benzene rings is 1. The first-order chi connectivity index (χ1) is 12.3. The number of unbranched alkanes of at least 4 members (excludes halogenated alkanes) is 1. The number of anilines is 1. The van der Waals surface area contributed by atoms with Crippen LogP contribution in [-0.2, 0) is 0 Å². The van der Waals surface area contributed by atoms with Gasteiger partial charge in [0.25, 0.3) is 0 Å². The van der Waals surface area contributed by atoms with E-state index in [-0.39, 0.29) is 0 Å². The molecule has 0 saturated heterocycles. The highest BCUT2D eigenvalue weighted by Crippen LogP contribution is 2.33. The molecule has 0 bridgehead atoms. The lowest BCUT2D eigenvalue weighted by Gasteiger charge is -2.11. The van der Waals surface area contributed by atoms with E-state index < -0.39 is 0 Å². The summed E-state index contributed by atoms with van der Waals surface area (Å²) >= 11 is 0. The minimum atomic E-state index is 0.780. The second-order valence-electron chi connectivity index (χ2n) is 6.17. The fourth-order valence-corrected chi connectivity index (χ4v) is 3.15. The van der Waals surface area contributed by atoms with Crippen molar-refractivity contribution >= 4 is 27.6 Å². The molecular formula is C20H21N5. The van der Waals surface area contributed by atoms with Crippen molar-refractivity contribution in [3.8, 4) is 5.82 Å². The quantitative estimate of drug-likeness (QED) is 0.548. The molecule has 25 heavy (non-hydrogen) atoms. The third-order valence-electron chi connectivity index (χ3n) is 4.38. The fourth-order valence-electron chi connectivity index (χ4n) is 3.15. The number of hydrogen-bond donors (Lipinski definition) is 1. The van der Waals surface area contributed by atoms with E-state index in [1.807, 2.05) is 41.9 Å². The van der Waals surface area contributed by atoms with E-state index in [2.05, 4.69) is 29.4 Å². The summed E-state index contributed by atoms with van der Waals surface area (Å²) < 4.78 is 1.84. The second-order valence-corrected chi connectivity index (χ2v) is 6.17. The Morgan fingerprint density at radius 3 is 2.72 bits per heavy atom. The van der Waals surface area contributed by atoms with Gasteiger partial charge in [0.2, 0.25) is 0 Å². The molecule has 1 N–H and O–H groups in total. The third-order valence-corrected chi connectivity index (χ3v) is 4.38. The molecule has 0 aliphatic rings. The van der Waals surface area contributed by atoms with Gasteiger partial charge in [-0.25, -0.2) is 9.97 Å². The molecule has 4 aromatic rings. The number of nitrogens with zero attached hydrogens (tertiary/aromatic N) is 4. The van der Waals surface area contributed by atoms with E-state index in [0.29, 0.717) is 0 Å². The van der Waals surface area contributed by atoms with Crippen LogP contribution in [0.5, 0.6) is 0 Å². The lowest BCUT2D eigenvalue weighted by molar-refractivity contribution is 0.835. The van der Waals surface area contributed by atoms with Crippen molar-refractivity contribution < 1.29 is 0 Å². The van der Waals surface area contributed by atoms with Crippen LogP contribution in [0.15, 0.2) is 48.7 Å². The van der Waals surface area contributed by atoms with Crippen molar-refractivity contribution in [2.24, 2.45) is 0 Å². The predicted molar refractivity (Wildman–Crippen MR) is 102 cm³/mol. The number of nitrogens with one attached hydrogen (secondary N) is 1. The monoisotopic (exact) mass is 331 g/mol. The number of hydrogen-bond acceptors (Lipinski definition) is 4. The van der Waals surface area contributed by atoms with Gasteiger partial charge in [-0.05, 0) is 31.5 Å². The molecule has 0 radical (unpaired) electrons. The highest BCUT2D eigenvalue weighted by Gasteiger charge is 2.17. The first kappa shape index (κ1) is 15.6. The second kappa shape index (κ2) is 6.51. The highest BCUT2D eigenvalue weighted by molar-refractivity contribution is 6.07. The molecule has 0 spiro atoms. The Morgan fingerprint density at radius 2 is 1.92 bits per heavy atom. The highest BCUT2D eigenvalue weighted by atomic mass is 15.3. The summed E-state index contributed by atoms with van der Waals surface area (Å²) in [5, 5.41) is 10.6. The SMILES string of the molecule is CCCCNc1c2ccccc2nc2c1c(C)nn2-c1ccccn1. The number of para-hydroxylation sites is 1. The maximum atomic E-state index is 4.88. The molecule has 0 saturated carbocycles. The minimum absolute atomic E-state index is 0.780. The lowest BCUT2D eigenvalue weighted by Crippen LogP contribution is -2.04. The van der Waals surface area contributed by atoms with Crippen molar-refractivity contribution in [1.82, 2.24) is 19.7 Å². The van der Waals surface area contributed by atoms with Gasteiger partial charge in [0.05, 0.1) is 22.3 Å². The molecule has 0 fully saturated rings. The van der Waals surface area contributed by atoms with Gasteiger partial charge in [0.15, 0.2) is 11.5 Å². The van der Waals surface area contributed by atoms with Gasteiger partial charge in [0.1, 0.15) is 0 Å². The minimum Gasteiger partial charge on any atom is -0.384 e. The molecule has 4 rings (SSSR count). The molecule has 5 nitrogen and oxygen atoms in total. The van der Waals surface area contributed by atoms with Crippen LogP contribution in [0.2, 0.25) is 0 Å². The molecule has 0 unspecified atom stereocenters. The van der Waals surface area contributed by atoms with Crippen LogP contribution >= 0.6 is 0 Å². The number of rotatable bonds is 5. The maximum Gasteiger partial charge on any atom is 0.167 e. The Labute approximate surface area is 146 Å². The maximum absolute atomic E-state index is 4.88. The van der Waals surface area contributed by atoms with Crippen molar-refractivity contribution in [2.75, 3.05) is 11.9 Å². The first-order valence-electron chi connectivity index (χ1n) is 8.73. The van der Waals surface area contributed by atoms with Gasteiger partial charge in [0, 0.05) is 18.1 Å². The number of fused-ring (bicyclic) bond motifs is 2. The summed E-state index contributed by atoms with van der Waals surface area (Å²) in [5.74, 6) is 0.780. The number of aryl methyl sites for hydroxylation is 1. The summed E-state index contributed by atoms with van der Waals surface area (Å²) in [5.41, 5.74) is 3.88. The molecule has 0 aliphatic heterocycles. The van der Waals surface area contributed by atoms with Crippen LogP contribution in [0.1, 0.15) is 25.5 Å². The van der Waals surface area contributed by atoms with Gasteiger partial charge in [-0.1, -0.05) is 37.6 Å². The molecule has 0 atom stereocenters. The lowest BCUT2D eigenvalue weighted by atomic mass is 10.1. The van der Waals surface area contributed by atoms with E-state index >= 15 is 0 Å². The Bertz CT molecular complexity index is 1020. The van der Waals surface area contributed by atoms with E-state index in [9.17, 15) is 0 Å². The summed E-state index contributed by atoms with van der Waals surface area (Å²) in [6, 6.07) is 14.1.